The highest BCUT2D eigenvalue weighted by Gasteiger charge is 2.27. The van der Waals surface area contributed by atoms with Crippen molar-refractivity contribution < 1.29 is 14.5 Å². The highest BCUT2D eigenvalue weighted by molar-refractivity contribution is 5.77. The van der Waals surface area contributed by atoms with Gasteiger partial charge < -0.3 is 9.64 Å². The van der Waals surface area contributed by atoms with E-state index in [0.29, 0.717) is 5.69 Å². The quantitative estimate of drug-likeness (QED) is 0.436. The summed E-state index contributed by atoms with van der Waals surface area (Å²) in [6.45, 7) is 3.47. The van der Waals surface area contributed by atoms with Crippen LogP contribution >= 0.6 is 0 Å². The number of aromatic nitrogens is 2. The van der Waals surface area contributed by atoms with E-state index in [1.807, 2.05) is 0 Å². The molecule has 1 aromatic rings. The summed E-state index contributed by atoms with van der Waals surface area (Å²) in [5, 5.41) is 15.0. The van der Waals surface area contributed by atoms with E-state index >= 15 is 0 Å². The lowest BCUT2D eigenvalue weighted by Crippen LogP contribution is -2.29. The van der Waals surface area contributed by atoms with Crippen LogP contribution in [0.2, 0.25) is 0 Å². The Bertz CT molecular complexity index is 469. The third-order valence-electron chi connectivity index (χ3n) is 2.38. The fourth-order valence-corrected chi connectivity index (χ4v) is 1.75. The van der Waals surface area contributed by atoms with Crippen LogP contribution in [0, 0.1) is 17.0 Å². The van der Waals surface area contributed by atoms with Crippen LogP contribution in [0.5, 0.6) is 0 Å². The Balaban J connectivity index is 3.01. The predicted octanol–water partition coefficient (Wildman–Crippen LogP) is 0.636. The van der Waals surface area contributed by atoms with Crippen LogP contribution in [0.4, 0.5) is 11.5 Å². The zero-order valence-corrected chi connectivity index (χ0v) is 10.8. The second kappa shape index (κ2) is 5.48. The molecule has 8 heteroatoms. The molecular formula is C10H16N4O4. The minimum absolute atomic E-state index is 0.0619. The van der Waals surface area contributed by atoms with E-state index in [2.05, 4.69) is 5.10 Å². The number of aryl methyl sites for hydroxylation is 2. The van der Waals surface area contributed by atoms with Crippen molar-refractivity contribution in [3.63, 3.8) is 0 Å². The van der Waals surface area contributed by atoms with Crippen molar-refractivity contribution in [2.45, 2.75) is 13.8 Å². The van der Waals surface area contributed by atoms with E-state index in [4.69, 9.17) is 4.74 Å². The zero-order valence-electron chi connectivity index (χ0n) is 10.8. The number of hydrogen-bond donors (Lipinski definition) is 0. The molecule has 0 saturated heterocycles. The molecule has 0 aliphatic heterocycles. The fourth-order valence-electron chi connectivity index (χ4n) is 1.75. The molecule has 0 amide bonds. The van der Waals surface area contributed by atoms with Gasteiger partial charge in [0.2, 0.25) is 5.82 Å². The molecule has 0 bridgehead atoms. The van der Waals surface area contributed by atoms with Gasteiger partial charge in [-0.3, -0.25) is 14.9 Å². The van der Waals surface area contributed by atoms with Crippen molar-refractivity contribution in [3.8, 4) is 0 Å². The number of hydrogen-bond acceptors (Lipinski definition) is 6. The molecule has 1 heterocycles. The van der Waals surface area contributed by atoms with Gasteiger partial charge in [0.1, 0.15) is 12.2 Å². The molecule has 0 fully saturated rings. The van der Waals surface area contributed by atoms with Crippen LogP contribution in [0.3, 0.4) is 0 Å². The highest BCUT2D eigenvalue weighted by atomic mass is 16.6. The first-order valence-corrected chi connectivity index (χ1v) is 5.43. The molecular weight excluding hydrogens is 240 g/mol. The summed E-state index contributed by atoms with van der Waals surface area (Å²) in [6.07, 6.45) is 0. The number of anilines is 1. The van der Waals surface area contributed by atoms with Gasteiger partial charge >= 0.3 is 11.7 Å². The van der Waals surface area contributed by atoms with Gasteiger partial charge in [-0.15, -0.1) is 0 Å². The lowest BCUT2D eigenvalue weighted by Gasteiger charge is -2.16. The van der Waals surface area contributed by atoms with Crippen molar-refractivity contribution in [3.05, 3.63) is 15.8 Å². The summed E-state index contributed by atoms with van der Waals surface area (Å²) in [5.74, 6) is -0.154. The van der Waals surface area contributed by atoms with E-state index in [1.165, 1.54) is 9.58 Å². The van der Waals surface area contributed by atoms with Crippen LogP contribution in [-0.4, -0.2) is 40.9 Å². The molecule has 18 heavy (non-hydrogen) atoms. The van der Waals surface area contributed by atoms with Crippen molar-refractivity contribution in [1.82, 2.24) is 9.78 Å². The fraction of sp³-hybridized carbons (Fsp3) is 0.600. The minimum Gasteiger partial charge on any atom is -0.465 e. The smallest absolute Gasteiger partial charge is 0.333 e. The monoisotopic (exact) mass is 256 g/mol. The number of ether oxygens (including phenoxy) is 1. The van der Waals surface area contributed by atoms with Crippen LogP contribution in [0.15, 0.2) is 0 Å². The topological polar surface area (TPSA) is 90.5 Å². The summed E-state index contributed by atoms with van der Waals surface area (Å²) in [5.41, 5.74) is 0.220. The van der Waals surface area contributed by atoms with Crippen LogP contribution < -0.4 is 4.90 Å². The largest absolute Gasteiger partial charge is 0.465 e. The van der Waals surface area contributed by atoms with Crippen molar-refractivity contribution in [2.75, 3.05) is 25.1 Å². The standard InChI is InChI=1S/C10H16N4O4/c1-5-18-8(15)6-12(3)10-9(14(16)17)7(2)11-13(10)4/h5-6H2,1-4H3. The lowest BCUT2D eigenvalue weighted by atomic mass is 10.3. The van der Waals surface area contributed by atoms with Gasteiger partial charge in [0.05, 0.1) is 11.5 Å². The summed E-state index contributed by atoms with van der Waals surface area (Å²) in [4.78, 5) is 23.3. The molecule has 1 aromatic heterocycles. The number of nitro groups is 1. The maximum atomic E-state index is 11.4. The van der Waals surface area contributed by atoms with Gasteiger partial charge in [-0.1, -0.05) is 0 Å². The van der Waals surface area contributed by atoms with E-state index in [1.54, 1.807) is 27.9 Å². The summed E-state index contributed by atoms with van der Waals surface area (Å²) in [6, 6.07) is 0. The molecule has 0 radical (unpaired) electrons. The maximum Gasteiger partial charge on any atom is 0.333 e. The number of rotatable bonds is 5. The molecule has 0 unspecified atom stereocenters. The molecule has 1 rings (SSSR count). The van der Waals surface area contributed by atoms with Gasteiger partial charge in [-0.05, 0) is 13.8 Å². The summed E-state index contributed by atoms with van der Waals surface area (Å²) >= 11 is 0. The first-order valence-electron chi connectivity index (χ1n) is 5.43. The molecule has 8 nitrogen and oxygen atoms in total. The molecule has 0 aromatic carbocycles. The molecule has 0 aliphatic carbocycles. The van der Waals surface area contributed by atoms with Gasteiger partial charge in [0.15, 0.2) is 0 Å². The Labute approximate surface area is 104 Å². The van der Waals surface area contributed by atoms with Crippen LogP contribution in [0.1, 0.15) is 12.6 Å². The molecule has 100 valence electrons. The van der Waals surface area contributed by atoms with Crippen LogP contribution in [0.25, 0.3) is 0 Å². The number of esters is 1. The first kappa shape index (κ1) is 13.9. The number of likely N-dealkylation sites (N-methyl/N-ethyl adjacent to an activating group) is 1. The normalized spacial score (nSPS) is 10.2. The van der Waals surface area contributed by atoms with E-state index in [9.17, 15) is 14.9 Å². The van der Waals surface area contributed by atoms with E-state index < -0.39 is 10.9 Å². The molecule has 0 saturated carbocycles. The Morgan fingerprint density at radius 2 is 2.22 bits per heavy atom. The highest BCUT2D eigenvalue weighted by Crippen LogP contribution is 2.29. The third-order valence-corrected chi connectivity index (χ3v) is 2.38. The second-order valence-corrected chi connectivity index (χ2v) is 3.80. The van der Waals surface area contributed by atoms with Crippen molar-refractivity contribution in [2.24, 2.45) is 7.05 Å². The predicted molar refractivity (Wildman–Crippen MR) is 64.5 cm³/mol. The Morgan fingerprint density at radius 1 is 1.61 bits per heavy atom. The second-order valence-electron chi connectivity index (χ2n) is 3.80. The maximum absolute atomic E-state index is 11.4. The lowest BCUT2D eigenvalue weighted by molar-refractivity contribution is -0.384. The van der Waals surface area contributed by atoms with E-state index in [-0.39, 0.29) is 24.7 Å². The van der Waals surface area contributed by atoms with Gasteiger partial charge in [-0.2, -0.15) is 5.10 Å². The van der Waals surface area contributed by atoms with Crippen LogP contribution in [-0.2, 0) is 16.6 Å². The molecule has 0 spiro atoms. The third kappa shape index (κ3) is 2.76. The Kier molecular flexibility index (Phi) is 4.24. The van der Waals surface area contributed by atoms with Gasteiger partial charge in [-0.25, -0.2) is 4.68 Å². The molecule has 0 aliphatic rings. The molecule has 0 N–H and O–H groups in total. The number of nitrogens with zero attached hydrogens (tertiary/aromatic N) is 4. The average molecular weight is 256 g/mol. The average Bonchev–Trinajstić information content (AvgIpc) is 2.53. The zero-order chi connectivity index (χ0) is 13.9. The SMILES string of the molecule is CCOC(=O)CN(C)c1c([N+](=O)[O-])c(C)nn1C. The number of carbonyl (C=O) groups is 1. The van der Waals surface area contributed by atoms with Crippen molar-refractivity contribution in [1.29, 1.82) is 0 Å². The van der Waals surface area contributed by atoms with E-state index in [0.717, 1.165) is 0 Å². The first-order chi connectivity index (χ1) is 8.38. The van der Waals surface area contributed by atoms with Crippen molar-refractivity contribution >= 4 is 17.5 Å². The van der Waals surface area contributed by atoms with Gasteiger partial charge in [0.25, 0.3) is 0 Å². The van der Waals surface area contributed by atoms with Gasteiger partial charge in [0, 0.05) is 14.1 Å². The Hall–Kier alpha value is -2.12. The minimum atomic E-state index is -0.501. The Morgan fingerprint density at radius 3 is 2.72 bits per heavy atom. The number of carbonyl (C=O) groups excluding carboxylic acids is 1. The summed E-state index contributed by atoms with van der Waals surface area (Å²) < 4.78 is 6.18. The molecule has 0 atom stereocenters. The summed E-state index contributed by atoms with van der Waals surface area (Å²) in [7, 11) is 3.18.